The van der Waals surface area contributed by atoms with E-state index in [4.69, 9.17) is 9.47 Å². The van der Waals surface area contributed by atoms with Crippen molar-refractivity contribution >= 4 is 26.8 Å². The highest BCUT2D eigenvalue weighted by atomic mass is 32.2. The first-order valence-corrected chi connectivity index (χ1v) is 13.6. The van der Waals surface area contributed by atoms with E-state index in [1.54, 1.807) is 24.3 Å². The molecule has 2 heterocycles. The number of amides is 1. The van der Waals surface area contributed by atoms with E-state index in [-0.39, 0.29) is 17.1 Å². The van der Waals surface area contributed by atoms with Gasteiger partial charge in [-0.3, -0.25) is 4.79 Å². The molecular weight excluding hydrogens is 506 g/mol. The number of benzene rings is 3. The van der Waals surface area contributed by atoms with Gasteiger partial charge < -0.3 is 24.9 Å². The minimum absolute atomic E-state index is 0.171. The third-order valence-electron chi connectivity index (χ3n) is 6.55. The summed E-state index contributed by atoms with van der Waals surface area (Å²) in [6.45, 7) is 0.409. The van der Waals surface area contributed by atoms with E-state index >= 15 is 0 Å². The molecule has 10 heteroatoms. The molecule has 1 aliphatic rings. The first kappa shape index (κ1) is 25.8. The second-order valence-corrected chi connectivity index (χ2v) is 11.4. The van der Waals surface area contributed by atoms with Gasteiger partial charge >= 0.3 is 0 Å². The molecule has 198 valence electrons. The van der Waals surface area contributed by atoms with Crippen LogP contribution in [0, 0.1) is 0 Å². The molecule has 1 aliphatic heterocycles. The van der Waals surface area contributed by atoms with Crippen LogP contribution in [0.5, 0.6) is 11.5 Å². The van der Waals surface area contributed by atoms with Crippen molar-refractivity contribution in [3.05, 3.63) is 78.0 Å². The number of rotatable bonds is 8. The van der Waals surface area contributed by atoms with Crippen molar-refractivity contribution in [1.82, 2.24) is 14.6 Å². The van der Waals surface area contributed by atoms with Crippen LogP contribution in [0.15, 0.2) is 71.8 Å². The number of aromatic amines is 1. The van der Waals surface area contributed by atoms with Gasteiger partial charge in [-0.05, 0) is 53.4 Å². The van der Waals surface area contributed by atoms with Gasteiger partial charge in [0.15, 0.2) is 11.5 Å². The van der Waals surface area contributed by atoms with E-state index in [9.17, 15) is 18.3 Å². The zero-order chi connectivity index (χ0) is 26.9. The van der Waals surface area contributed by atoms with Crippen LogP contribution in [0.4, 0.5) is 0 Å². The van der Waals surface area contributed by atoms with Crippen LogP contribution in [0.1, 0.15) is 15.9 Å². The van der Waals surface area contributed by atoms with E-state index in [0.717, 1.165) is 20.8 Å². The largest absolute Gasteiger partial charge is 0.486 e. The van der Waals surface area contributed by atoms with Crippen molar-refractivity contribution in [2.24, 2.45) is 0 Å². The number of H-pyrrole nitrogens is 1. The van der Waals surface area contributed by atoms with E-state index in [1.165, 1.54) is 26.2 Å². The van der Waals surface area contributed by atoms with Gasteiger partial charge in [-0.1, -0.05) is 30.3 Å². The highest BCUT2D eigenvalue weighted by Gasteiger charge is 2.25. The normalized spacial score (nSPS) is 14.0. The summed E-state index contributed by atoms with van der Waals surface area (Å²) in [5, 5.41) is 14.0. The molecule has 0 aliphatic carbocycles. The fraction of sp³-hybridized carbons (Fsp3) is 0.250. The molecule has 3 N–H and O–H groups in total. The number of nitrogens with one attached hydrogen (secondary N) is 2. The zero-order valence-corrected chi connectivity index (χ0v) is 21.9. The number of carbonyl (C=O) groups excluding carboxylic acids is 1. The van der Waals surface area contributed by atoms with E-state index in [0.29, 0.717) is 42.3 Å². The van der Waals surface area contributed by atoms with Crippen molar-refractivity contribution in [2.45, 2.75) is 17.4 Å². The van der Waals surface area contributed by atoms with Crippen molar-refractivity contribution in [3.8, 4) is 22.6 Å². The highest BCUT2D eigenvalue weighted by Crippen LogP contribution is 2.39. The molecule has 1 atom stereocenters. The number of sulfonamides is 1. The first-order chi connectivity index (χ1) is 18.3. The summed E-state index contributed by atoms with van der Waals surface area (Å²) in [4.78, 5) is 16.9. The summed E-state index contributed by atoms with van der Waals surface area (Å²) in [5.74, 6) is 0.369. The van der Waals surface area contributed by atoms with E-state index < -0.39 is 22.0 Å². The number of hydrogen-bond donors (Lipinski definition) is 3. The third kappa shape index (κ3) is 4.98. The van der Waals surface area contributed by atoms with Crippen molar-refractivity contribution in [1.29, 1.82) is 0 Å². The molecule has 0 radical (unpaired) electrons. The smallest absolute Gasteiger partial charge is 0.255 e. The molecule has 4 aromatic rings. The molecule has 0 bridgehead atoms. The lowest BCUT2D eigenvalue weighted by Gasteiger charge is -2.23. The minimum Gasteiger partial charge on any atom is -0.486 e. The Morgan fingerprint density at radius 2 is 1.79 bits per heavy atom. The molecule has 0 saturated carbocycles. The van der Waals surface area contributed by atoms with Gasteiger partial charge in [0.1, 0.15) is 13.2 Å². The Bertz CT molecular complexity index is 1580. The van der Waals surface area contributed by atoms with Crippen LogP contribution in [0.2, 0.25) is 0 Å². The summed E-state index contributed by atoms with van der Waals surface area (Å²) in [6.07, 6.45) is 2.33. The fourth-order valence-corrected chi connectivity index (χ4v) is 5.41. The Morgan fingerprint density at radius 1 is 1.05 bits per heavy atom. The van der Waals surface area contributed by atoms with Crippen LogP contribution in [0.25, 0.3) is 22.0 Å². The molecule has 1 amide bonds. The summed E-state index contributed by atoms with van der Waals surface area (Å²) < 4.78 is 37.6. The van der Waals surface area contributed by atoms with Crippen LogP contribution in [-0.4, -0.2) is 68.7 Å². The molecule has 9 nitrogen and oxygen atoms in total. The molecule has 0 fully saturated rings. The van der Waals surface area contributed by atoms with Crippen LogP contribution in [0.3, 0.4) is 0 Å². The number of aromatic nitrogens is 1. The Hall–Kier alpha value is -3.86. The number of nitrogens with zero attached hydrogens (tertiary/aromatic N) is 1. The second-order valence-electron chi connectivity index (χ2n) is 9.28. The Morgan fingerprint density at radius 3 is 2.53 bits per heavy atom. The quantitative estimate of drug-likeness (QED) is 0.319. The number of aliphatic hydroxyl groups is 1. The molecule has 0 saturated heterocycles. The van der Waals surface area contributed by atoms with Crippen molar-refractivity contribution in [2.75, 3.05) is 33.9 Å². The average molecular weight is 536 g/mol. The summed E-state index contributed by atoms with van der Waals surface area (Å²) in [6, 6.07) is 17.3. The maximum Gasteiger partial charge on any atom is 0.255 e. The van der Waals surface area contributed by atoms with Crippen molar-refractivity contribution in [3.63, 3.8) is 0 Å². The maximum absolute atomic E-state index is 13.5. The standard InChI is InChI=1S/C28H29N3O6S/c1-31(2)38(34,35)22-9-7-18(8-10-22)19-14-24(27-26(15-19)36-11-12-37-27)28(33)30-21(17-32)13-20-16-29-25-6-4-3-5-23(20)25/h3-10,14-16,21,29,32H,11-13,17H2,1-2H3,(H,30,33)/t21-/m1/s1. The summed E-state index contributed by atoms with van der Waals surface area (Å²) in [7, 11) is -0.607. The van der Waals surface area contributed by atoms with Gasteiger partial charge in [0.25, 0.3) is 5.91 Å². The van der Waals surface area contributed by atoms with E-state index in [2.05, 4.69) is 10.3 Å². The first-order valence-electron chi connectivity index (χ1n) is 12.2. The lowest BCUT2D eigenvalue weighted by Crippen LogP contribution is -2.39. The van der Waals surface area contributed by atoms with Gasteiger partial charge in [-0.15, -0.1) is 0 Å². The molecule has 38 heavy (non-hydrogen) atoms. The molecular formula is C28H29N3O6S. The average Bonchev–Trinajstić information content (AvgIpc) is 3.34. The van der Waals surface area contributed by atoms with Gasteiger partial charge in [-0.2, -0.15) is 0 Å². The SMILES string of the molecule is CN(C)S(=O)(=O)c1ccc(-c2cc3c(c(C(=O)N[C@@H](CO)Cc4c[nH]c5ccccc45)c2)OCCO3)cc1. The van der Waals surface area contributed by atoms with Gasteiger partial charge in [0, 0.05) is 31.2 Å². The fourth-order valence-electron chi connectivity index (χ4n) is 4.51. The topological polar surface area (TPSA) is 121 Å². The lowest BCUT2D eigenvalue weighted by molar-refractivity contribution is 0.0906. The predicted molar refractivity (Wildman–Crippen MR) is 144 cm³/mol. The van der Waals surface area contributed by atoms with Gasteiger partial charge in [0.05, 0.1) is 23.1 Å². The summed E-state index contributed by atoms with van der Waals surface area (Å²) in [5.41, 5.74) is 3.64. The Kier molecular flexibility index (Phi) is 7.11. The van der Waals surface area contributed by atoms with Crippen LogP contribution < -0.4 is 14.8 Å². The molecule has 0 spiro atoms. The minimum atomic E-state index is -3.57. The molecule has 5 rings (SSSR count). The number of para-hydroxylation sites is 1. The lowest BCUT2D eigenvalue weighted by atomic mass is 10.00. The monoisotopic (exact) mass is 535 g/mol. The number of fused-ring (bicyclic) bond motifs is 2. The number of carbonyl (C=O) groups is 1. The third-order valence-corrected chi connectivity index (χ3v) is 8.38. The van der Waals surface area contributed by atoms with E-state index in [1.807, 2.05) is 30.5 Å². The zero-order valence-electron chi connectivity index (χ0n) is 21.1. The number of ether oxygens (including phenoxy) is 2. The number of hydrogen-bond acceptors (Lipinski definition) is 6. The Balaban J connectivity index is 1.44. The molecule has 0 unspecified atom stereocenters. The summed E-state index contributed by atoms with van der Waals surface area (Å²) >= 11 is 0. The van der Waals surface area contributed by atoms with Crippen molar-refractivity contribution < 1.29 is 27.8 Å². The number of aliphatic hydroxyl groups excluding tert-OH is 1. The van der Waals surface area contributed by atoms with Gasteiger partial charge in [-0.25, -0.2) is 12.7 Å². The van der Waals surface area contributed by atoms with Crippen LogP contribution >= 0.6 is 0 Å². The van der Waals surface area contributed by atoms with Gasteiger partial charge in [0.2, 0.25) is 10.0 Å². The highest BCUT2D eigenvalue weighted by molar-refractivity contribution is 7.89. The second kappa shape index (κ2) is 10.5. The maximum atomic E-state index is 13.5. The van der Waals surface area contributed by atoms with Crippen LogP contribution in [-0.2, 0) is 16.4 Å². The Labute approximate surface area is 221 Å². The molecule has 1 aromatic heterocycles. The molecule has 3 aromatic carbocycles. The predicted octanol–water partition coefficient (Wildman–Crippen LogP) is 3.19.